The first-order valence-electron chi connectivity index (χ1n) is 7.10. The molecule has 1 N–H and O–H groups in total. The predicted molar refractivity (Wildman–Crippen MR) is 99.2 cm³/mol. The molecule has 0 bridgehead atoms. The summed E-state index contributed by atoms with van der Waals surface area (Å²) in [5.41, 5.74) is 2.85. The van der Waals surface area contributed by atoms with E-state index < -0.39 is 5.97 Å². The number of aromatic carboxylic acids is 1. The van der Waals surface area contributed by atoms with Gasteiger partial charge in [-0.05, 0) is 28.8 Å². The van der Waals surface area contributed by atoms with Crippen LogP contribution in [0.5, 0.6) is 0 Å². The van der Waals surface area contributed by atoms with Crippen molar-refractivity contribution < 1.29 is 9.90 Å². The molecule has 0 atom stereocenters. The van der Waals surface area contributed by atoms with Crippen LogP contribution >= 0.6 is 23.1 Å². The highest BCUT2D eigenvalue weighted by Crippen LogP contribution is 2.43. The van der Waals surface area contributed by atoms with Gasteiger partial charge in [0.05, 0.1) is 11.6 Å². The first-order valence-corrected chi connectivity index (χ1v) is 9.20. The summed E-state index contributed by atoms with van der Waals surface area (Å²) in [6.45, 7) is 7.49. The van der Waals surface area contributed by atoms with Crippen molar-refractivity contribution in [2.24, 2.45) is 7.05 Å². The molecule has 0 aliphatic carbocycles. The van der Waals surface area contributed by atoms with E-state index in [0.717, 1.165) is 16.0 Å². The number of aromatic nitrogens is 1. The molecule has 0 fully saturated rings. The van der Waals surface area contributed by atoms with Gasteiger partial charge in [-0.2, -0.15) is 0 Å². The fraction of sp³-hybridized carbons (Fsp3) is 0.111. The number of carboxylic acids is 1. The minimum Gasteiger partial charge on any atom is -0.477 e. The lowest BCUT2D eigenvalue weighted by Gasteiger charge is -2.06. The highest BCUT2D eigenvalue weighted by molar-refractivity contribution is 7.98. The molecule has 0 aliphatic heterocycles. The van der Waals surface area contributed by atoms with Crippen LogP contribution in [-0.4, -0.2) is 21.9 Å². The topological polar surface area (TPSA) is 46.6 Å². The van der Waals surface area contributed by atoms with Crippen LogP contribution < -0.4 is 0 Å². The van der Waals surface area contributed by atoms with Crippen LogP contribution in [0, 0.1) is 6.57 Å². The SMILES string of the molecule is [C-]#[N+]c1c(-c2ccc(-c3cccs3)cc2)c(C(=O)O)n(C)c1SC. The molecule has 0 amide bonds. The van der Waals surface area contributed by atoms with Crippen molar-refractivity contribution in [2.45, 2.75) is 5.03 Å². The van der Waals surface area contributed by atoms with Gasteiger partial charge in [0, 0.05) is 17.5 Å². The van der Waals surface area contributed by atoms with E-state index in [1.54, 1.807) is 23.0 Å². The van der Waals surface area contributed by atoms with E-state index in [1.807, 2.05) is 48.0 Å². The zero-order valence-electron chi connectivity index (χ0n) is 13.1. The maximum Gasteiger partial charge on any atom is 0.351 e. The summed E-state index contributed by atoms with van der Waals surface area (Å²) >= 11 is 3.04. The molecule has 2 heterocycles. The Kier molecular flexibility index (Phi) is 4.47. The summed E-state index contributed by atoms with van der Waals surface area (Å²) in [6, 6.07) is 11.7. The number of hydrogen-bond donors (Lipinski definition) is 1. The summed E-state index contributed by atoms with van der Waals surface area (Å²) in [6.07, 6.45) is 1.85. The Morgan fingerprint density at radius 1 is 1.25 bits per heavy atom. The summed E-state index contributed by atoms with van der Waals surface area (Å²) in [5.74, 6) is -1.03. The molecule has 4 nitrogen and oxygen atoms in total. The van der Waals surface area contributed by atoms with Crippen molar-refractivity contribution >= 4 is 34.8 Å². The Bertz CT molecular complexity index is 933. The normalized spacial score (nSPS) is 10.5. The van der Waals surface area contributed by atoms with Crippen LogP contribution in [0.2, 0.25) is 0 Å². The molecule has 0 aliphatic rings. The Balaban J connectivity index is 2.19. The third kappa shape index (κ3) is 2.62. The van der Waals surface area contributed by atoms with Gasteiger partial charge in [0.25, 0.3) is 0 Å². The predicted octanol–water partition coefficient (Wildman–Crippen LogP) is 5.39. The lowest BCUT2D eigenvalue weighted by atomic mass is 10.0. The number of thiophene rings is 1. The molecule has 3 rings (SSSR count). The molecular formula is C18H14N2O2S2. The van der Waals surface area contributed by atoms with Gasteiger partial charge in [-0.3, -0.25) is 0 Å². The second-order valence-corrected chi connectivity index (χ2v) is 6.85. The Morgan fingerprint density at radius 3 is 2.42 bits per heavy atom. The average molecular weight is 354 g/mol. The highest BCUT2D eigenvalue weighted by Gasteiger charge is 2.26. The molecule has 2 aromatic heterocycles. The number of carbonyl (C=O) groups is 1. The first kappa shape index (κ1) is 16.4. The Labute approximate surface area is 148 Å². The molecule has 0 spiro atoms. The molecule has 0 saturated carbocycles. The summed E-state index contributed by atoms with van der Waals surface area (Å²) in [7, 11) is 1.69. The Hall–Kier alpha value is -2.49. The fourth-order valence-electron chi connectivity index (χ4n) is 2.75. The molecule has 0 unspecified atom stereocenters. The van der Waals surface area contributed by atoms with E-state index >= 15 is 0 Å². The minimum absolute atomic E-state index is 0.147. The van der Waals surface area contributed by atoms with Gasteiger partial charge < -0.3 is 9.67 Å². The van der Waals surface area contributed by atoms with Crippen LogP contribution in [-0.2, 0) is 7.05 Å². The van der Waals surface area contributed by atoms with Crippen molar-refractivity contribution in [3.63, 3.8) is 0 Å². The number of benzene rings is 1. The third-order valence-electron chi connectivity index (χ3n) is 3.80. The van der Waals surface area contributed by atoms with Crippen LogP contribution in [0.1, 0.15) is 10.5 Å². The largest absolute Gasteiger partial charge is 0.477 e. The molecule has 3 aromatic rings. The lowest BCUT2D eigenvalue weighted by molar-refractivity contribution is 0.0686. The van der Waals surface area contributed by atoms with Gasteiger partial charge in [-0.1, -0.05) is 30.3 Å². The van der Waals surface area contributed by atoms with E-state index in [4.69, 9.17) is 6.57 Å². The van der Waals surface area contributed by atoms with Gasteiger partial charge in [-0.15, -0.1) is 23.1 Å². The van der Waals surface area contributed by atoms with E-state index in [0.29, 0.717) is 16.3 Å². The molecule has 0 radical (unpaired) electrons. The maximum absolute atomic E-state index is 11.7. The average Bonchev–Trinajstić information content (AvgIpc) is 3.20. The molecule has 6 heteroatoms. The zero-order chi connectivity index (χ0) is 17.3. The van der Waals surface area contributed by atoms with Crippen LogP contribution in [0.25, 0.3) is 26.4 Å². The number of nitrogens with zero attached hydrogens (tertiary/aromatic N) is 2. The first-order chi connectivity index (χ1) is 11.6. The molecule has 0 saturated heterocycles. The van der Waals surface area contributed by atoms with E-state index in [9.17, 15) is 9.90 Å². The van der Waals surface area contributed by atoms with Gasteiger partial charge in [0.15, 0.2) is 0 Å². The highest BCUT2D eigenvalue weighted by atomic mass is 32.2. The molecule has 24 heavy (non-hydrogen) atoms. The fourth-order valence-corrected chi connectivity index (χ4v) is 4.19. The van der Waals surface area contributed by atoms with Crippen LogP contribution in [0.3, 0.4) is 0 Å². The smallest absolute Gasteiger partial charge is 0.351 e. The number of carboxylic acid groups (broad SMARTS) is 1. The number of hydrogen-bond acceptors (Lipinski definition) is 3. The lowest BCUT2D eigenvalue weighted by Crippen LogP contribution is -2.06. The summed E-state index contributed by atoms with van der Waals surface area (Å²) in [5, 5.41) is 12.3. The van der Waals surface area contributed by atoms with Crippen molar-refractivity contribution in [3.05, 3.63) is 58.9 Å². The zero-order valence-corrected chi connectivity index (χ0v) is 14.7. The maximum atomic E-state index is 11.7. The van der Waals surface area contributed by atoms with Gasteiger partial charge in [-0.25, -0.2) is 9.64 Å². The van der Waals surface area contributed by atoms with E-state index in [1.165, 1.54) is 11.8 Å². The second-order valence-electron chi connectivity index (χ2n) is 5.11. The van der Waals surface area contributed by atoms with Crippen molar-refractivity contribution in [3.8, 4) is 21.6 Å². The molecule has 120 valence electrons. The van der Waals surface area contributed by atoms with Crippen molar-refractivity contribution in [1.29, 1.82) is 0 Å². The van der Waals surface area contributed by atoms with Crippen molar-refractivity contribution in [1.82, 2.24) is 4.57 Å². The number of rotatable bonds is 4. The van der Waals surface area contributed by atoms with E-state index in [2.05, 4.69) is 4.85 Å². The quantitative estimate of drug-likeness (QED) is 0.504. The summed E-state index contributed by atoms with van der Waals surface area (Å²) < 4.78 is 1.59. The minimum atomic E-state index is -1.03. The van der Waals surface area contributed by atoms with Crippen molar-refractivity contribution in [2.75, 3.05) is 6.26 Å². The van der Waals surface area contributed by atoms with Gasteiger partial charge >= 0.3 is 5.97 Å². The standard InChI is InChI=1S/C18H14N2O2S2/c1-19-15-14(16(18(21)22)20(2)17(15)23-3)12-8-6-11(7-9-12)13-5-4-10-24-13/h4-10H,2-3H3,(H,21,22). The Morgan fingerprint density at radius 2 is 1.92 bits per heavy atom. The third-order valence-corrected chi connectivity index (χ3v) is 5.58. The second kappa shape index (κ2) is 6.56. The molecular weight excluding hydrogens is 340 g/mol. The van der Waals surface area contributed by atoms with Gasteiger partial charge in [0.1, 0.15) is 5.69 Å². The van der Waals surface area contributed by atoms with Crippen LogP contribution in [0.15, 0.2) is 46.8 Å². The summed E-state index contributed by atoms with van der Waals surface area (Å²) in [4.78, 5) is 16.5. The van der Waals surface area contributed by atoms with Gasteiger partial charge in [0.2, 0.25) is 5.69 Å². The molecule has 1 aromatic carbocycles. The monoisotopic (exact) mass is 354 g/mol. The van der Waals surface area contributed by atoms with E-state index in [-0.39, 0.29) is 5.69 Å². The van der Waals surface area contributed by atoms with Crippen LogP contribution in [0.4, 0.5) is 5.69 Å². The number of thioether (sulfide) groups is 1.